The molecule has 5 heteroatoms. The Morgan fingerprint density at radius 2 is 1.65 bits per heavy atom. The molecule has 1 unspecified atom stereocenters. The molecular formula is C15H31NO3S. The fourth-order valence-electron chi connectivity index (χ4n) is 2.12. The van der Waals surface area contributed by atoms with Crippen molar-refractivity contribution in [2.75, 3.05) is 12.3 Å². The molecule has 4 nitrogen and oxygen atoms in total. The van der Waals surface area contributed by atoms with E-state index >= 15 is 0 Å². The standard InChI is InChI=1S/C15H31NO3S/c1-2-3-4-5-6-7-8-9-10-13(17)11-16-14(12-20)15(18)19/h13-14,16-17,20H,2-12H2,1H3,(H,18,19)/t13?,14-/m0/s1. The van der Waals surface area contributed by atoms with E-state index < -0.39 is 18.1 Å². The first-order valence-corrected chi connectivity index (χ1v) is 8.50. The molecule has 0 radical (unpaired) electrons. The van der Waals surface area contributed by atoms with Gasteiger partial charge in [-0.15, -0.1) is 0 Å². The summed E-state index contributed by atoms with van der Waals surface area (Å²) in [6.07, 6.45) is 10.2. The molecule has 0 heterocycles. The van der Waals surface area contributed by atoms with Gasteiger partial charge in [-0.1, -0.05) is 58.3 Å². The molecular weight excluding hydrogens is 274 g/mol. The van der Waals surface area contributed by atoms with Crippen LogP contribution in [-0.4, -0.2) is 40.6 Å². The van der Waals surface area contributed by atoms with E-state index in [4.69, 9.17) is 5.11 Å². The summed E-state index contributed by atoms with van der Waals surface area (Å²) in [6.45, 7) is 2.55. The third kappa shape index (κ3) is 11.6. The molecule has 0 aromatic heterocycles. The minimum absolute atomic E-state index is 0.236. The highest BCUT2D eigenvalue weighted by molar-refractivity contribution is 7.80. The summed E-state index contributed by atoms with van der Waals surface area (Å²) in [7, 11) is 0. The van der Waals surface area contributed by atoms with Crippen LogP contribution in [0.25, 0.3) is 0 Å². The lowest BCUT2D eigenvalue weighted by molar-refractivity contribution is -0.138. The van der Waals surface area contributed by atoms with Gasteiger partial charge in [0.2, 0.25) is 0 Å². The maximum atomic E-state index is 10.8. The van der Waals surface area contributed by atoms with Gasteiger partial charge in [0.05, 0.1) is 6.10 Å². The minimum Gasteiger partial charge on any atom is -0.480 e. The maximum Gasteiger partial charge on any atom is 0.321 e. The average Bonchev–Trinajstić information content (AvgIpc) is 2.42. The van der Waals surface area contributed by atoms with Crippen molar-refractivity contribution in [3.8, 4) is 0 Å². The Bertz CT molecular complexity index is 239. The van der Waals surface area contributed by atoms with Crippen LogP contribution in [0.4, 0.5) is 0 Å². The number of aliphatic hydroxyl groups is 1. The largest absolute Gasteiger partial charge is 0.480 e. The SMILES string of the molecule is CCCCCCCCCCC(O)CN[C@@H](CS)C(=O)O. The lowest BCUT2D eigenvalue weighted by Gasteiger charge is -2.15. The zero-order chi connectivity index (χ0) is 15.2. The van der Waals surface area contributed by atoms with E-state index in [9.17, 15) is 9.90 Å². The Morgan fingerprint density at radius 1 is 1.10 bits per heavy atom. The first-order chi connectivity index (χ1) is 9.61. The number of carboxylic acids is 1. The third-order valence-corrected chi connectivity index (χ3v) is 3.84. The van der Waals surface area contributed by atoms with Crippen LogP contribution in [0.5, 0.6) is 0 Å². The second-order valence-electron chi connectivity index (χ2n) is 5.40. The minimum atomic E-state index is -0.917. The van der Waals surface area contributed by atoms with Gasteiger partial charge in [0, 0.05) is 12.3 Å². The number of aliphatic carboxylic acids is 1. The molecule has 20 heavy (non-hydrogen) atoms. The van der Waals surface area contributed by atoms with Crippen molar-refractivity contribution in [3.05, 3.63) is 0 Å². The number of aliphatic hydroxyl groups excluding tert-OH is 1. The van der Waals surface area contributed by atoms with Crippen LogP contribution in [0.15, 0.2) is 0 Å². The molecule has 0 aliphatic carbocycles. The highest BCUT2D eigenvalue weighted by Crippen LogP contribution is 2.10. The van der Waals surface area contributed by atoms with Crippen LogP contribution in [0.1, 0.15) is 64.7 Å². The van der Waals surface area contributed by atoms with E-state index in [0.717, 1.165) is 19.3 Å². The summed E-state index contributed by atoms with van der Waals surface area (Å²) < 4.78 is 0. The van der Waals surface area contributed by atoms with Gasteiger partial charge in [-0.05, 0) is 6.42 Å². The molecule has 0 aliphatic heterocycles. The first-order valence-electron chi connectivity index (χ1n) is 7.86. The second-order valence-corrected chi connectivity index (χ2v) is 5.76. The number of hydrogen-bond acceptors (Lipinski definition) is 4. The normalized spacial score (nSPS) is 14.2. The summed E-state index contributed by atoms with van der Waals surface area (Å²) >= 11 is 3.97. The number of rotatable bonds is 14. The van der Waals surface area contributed by atoms with Crippen LogP contribution < -0.4 is 5.32 Å². The zero-order valence-corrected chi connectivity index (χ0v) is 13.6. The van der Waals surface area contributed by atoms with Gasteiger partial charge in [-0.25, -0.2) is 0 Å². The fraction of sp³-hybridized carbons (Fsp3) is 0.933. The molecule has 3 N–H and O–H groups in total. The van der Waals surface area contributed by atoms with Crippen LogP contribution >= 0.6 is 12.6 Å². The monoisotopic (exact) mass is 305 g/mol. The maximum absolute atomic E-state index is 10.8. The van der Waals surface area contributed by atoms with Crippen molar-refractivity contribution < 1.29 is 15.0 Å². The Morgan fingerprint density at radius 3 is 2.15 bits per heavy atom. The van der Waals surface area contributed by atoms with E-state index in [1.54, 1.807) is 0 Å². The number of carboxylic acid groups (broad SMARTS) is 1. The molecule has 0 rings (SSSR count). The third-order valence-electron chi connectivity index (χ3n) is 3.47. The van der Waals surface area contributed by atoms with Crippen LogP contribution in [0.3, 0.4) is 0 Å². The number of carbonyl (C=O) groups is 1. The molecule has 0 amide bonds. The highest BCUT2D eigenvalue weighted by atomic mass is 32.1. The van der Waals surface area contributed by atoms with E-state index in [1.807, 2.05) is 0 Å². The van der Waals surface area contributed by atoms with Gasteiger partial charge in [-0.3, -0.25) is 4.79 Å². The zero-order valence-electron chi connectivity index (χ0n) is 12.7. The number of unbranched alkanes of at least 4 members (excludes halogenated alkanes) is 7. The van der Waals surface area contributed by atoms with Crippen molar-refractivity contribution >= 4 is 18.6 Å². The van der Waals surface area contributed by atoms with Gasteiger partial charge in [-0.2, -0.15) is 12.6 Å². The topological polar surface area (TPSA) is 69.6 Å². The summed E-state index contributed by atoms with van der Waals surface area (Å²) in [4.78, 5) is 10.8. The van der Waals surface area contributed by atoms with Crippen molar-refractivity contribution in [2.24, 2.45) is 0 Å². The molecule has 0 bridgehead atoms. The molecule has 0 saturated heterocycles. The Kier molecular flexibility index (Phi) is 13.5. The van der Waals surface area contributed by atoms with Crippen molar-refractivity contribution in [2.45, 2.75) is 76.9 Å². The molecule has 0 aliphatic rings. The number of nitrogens with one attached hydrogen (secondary N) is 1. The van der Waals surface area contributed by atoms with E-state index in [1.165, 1.54) is 38.5 Å². The molecule has 2 atom stereocenters. The predicted octanol–water partition coefficient (Wildman–Crippen LogP) is 2.85. The highest BCUT2D eigenvalue weighted by Gasteiger charge is 2.15. The summed E-state index contributed by atoms with van der Waals surface area (Å²) in [5.41, 5.74) is 0. The van der Waals surface area contributed by atoms with Crippen LogP contribution in [0.2, 0.25) is 0 Å². The lowest BCUT2D eigenvalue weighted by Crippen LogP contribution is -2.42. The molecule has 0 saturated carbocycles. The quantitative estimate of drug-likeness (QED) is 0.294. The van der Waals surface area contributed by atoms with E-state index in [2.05, 4.69) is 24.9 Å². The average molecular weight is 305 g/mol. The molecule has 0 aromatic rings. The van der Waals surface area contributed by atoms with Crippen molar-refractivity contribution in [1.82, 2.24) is 5.32 Å². The molecule has 0 fully saturated rings. The van der Waals surface area contributed by atoms with E-state index in [0.29, 0.717) is 6.54 Å². The van der Waals surface area contributed by atoms with Gasteiger partial charge < -0.3 is 15.5 Å². The molecule has 0 spiro atoms. The van der Waals surface area contributed by atoms with Crippen LogP contribution in [-0.2, 0) is 4.79 Å². The Balaban J connectivity index is 3.40. The Labute approximate surface area is 128 Å². The predicted molar refractivity (Wildman–Crippen MR) is 86.5 cm³/mol. The first kappa shape index (κ1) is 19.7. The smallest absolute Gasteiger partial charge is 0.321 e. The lowest BCUT2D eigenvalue weighted by atomic mass is 10.1. The van der Waals surface area contributed by atoms with Gasteiger partial charge in [0.25, 0.3) is 0 Å². The number of hydrogen-bond donors (Lipinski definition) is 4. The van der Waals surface area contributed by atoms with E-state index in [-0.39, 0.29) is 5.75 Å². The van der Waals surface area contributed by atoms with Crippen molar-refractivity contribution in [1.29, 1.82) is 0 Å². The van der Waals surface area contributed by atoms with Gasteiger partial charge in [0.1, 0.15) is 6.04 Å². The Hall–Kier alpha value is -0.260. The van der Waals surface area contributed by atoms with Crippen molar-refractivity contribution in [3.63, 3.8) is 0 Å². The van der Waals surface area contributed by atoms with Gasteiger partial charge in [0.15, 0.2) is 0 Å². The fourth-order valence-corrected chi connectivity index (χ4v) is 2.41. The molecule has 120 valence electrons. The summed E-state index contributed by atoms with van der Waals surface area (Å²) in [5.74, 6) is -0.681. The second kappa shape index (κ2) is 13.7. The molecule has 0 aromatic carbocycles. The number of thiol groups is 1. The summed E-state index contributed by atoms with van der Waals surface area (Å²) in [5, 5.41) is 21.4. The summed E-state index contributed by atoms with van der Waals surface area (Å²) in [6, 6.07) is -0.674. The van der Waals surface area contributed by atoms with Gasteiger partial charge >= 0.3 is 5.97 Å². The van der Waals surface area contributed by atoms with Crippen LogP contribution in [0, 0.1) is 0 Å².